The second kappa shape index (κ2) is 7.28. The molecular formula is C19H22FN5O3. The van der Waals surface area contributed by atoms with Crippen molar-refractivity contribution in [3.8, 4) is 6.07 Å². The SMILES string of the molecule is CC(=O)NCC1CN(c2ccc(N3CC4CN(CC#N)CC43)c(F)c2)C(=O)O1. The first-order valence-electron chi connectivity index (χ1n) is 9.34. The van der Waals surface area contributed by atoms with Gasteiger partial charge in [-0.3, -0.25) is 14.6 Å². The van der Waals surface area contributed by atoms with E-state index in [1.54, 1.807) is 12.1 Å². The minimum Gasteiger partial charge on any atom is -0.442 e. The Kier molecular flexibility index (Phi) is 4.81. The van der Waals surface area contributed by atoms with Gasteiger partial charge < -0.3 is 15.0 Å². The van der Waals surface area contributed by atoms with E-state index >= 15 is 0 Å². The zero-order valence-corrected chi connectivity index (χ0v) is 15.6. The van der Waals surface area contributed by atoms with Gasteiger partial charge in [-0.2, -0.15) is 5.26 Å². The van der Waals surface area contributed by atoms with Crippen LogP contribution in [0.5, 0.6) is 0 Å². The van der Waals surface area contributed by atoms with E-state index in [-0.39, 0.29) is 30.9 Å². The topological polar surface area (TPSA) is 88.9 Å². The summed E-state index contributed by atoms with van der Waals surface area (Å²) < 4.78 is 20.0. The van der Waals surface area contributed by atoms with Crippen molar-refractivity contribution in [3.05, 3.63) is 24.0 Å². The Hall–Kier alpha value is -2.86. The number of fused-ring (bicyclic) bond motifs is 1. The molecule has 9 heteroatoms. The molecule has 0 aliphatic carbocycles. The first-order chi connectivity index (χ1) is 13.5. The van der Waals surface area contributed by atoms with Crippen molar-refractivity contribution < 1.29 is 18.7 Å². The summed E-state index contributed by atoms with van der Waals surface area (Å²) in [5.74, 6) is -0.110. The quantitative estimate of drug-likeness (QED) is 0.757. The molecular weight excluding hydrogens is 365 g/mol. The van der Waals surface area contributed by atoms with Crippen LogP contribution in [-0.4, -0.2) is 68.3 Å². The maximum atomic E-state index is 14.8. The van der Waals surface area contributed by atoms with Crippen molar-refractivity contribution >= 4 is 23.4 Å². The van der Waals surface area contributed by atoms with E-state index in [0.29, 0.717) is 23.8 Å². The average molecular weight is 387 g/mol. The van der Waals surface area contributed by atoms with E-state index in [1.165, 1.54) is 17.9 Å². The van der Waals surface area contributed by atoms with Gasteiger partial charge in [-0.15, -0.1) is 0 Å². The number of amides is 2. The van der Waals surface area contributed by atoms with Crippen molar-refractivity contribution in [2.75, 3.05) is 49.1 Å². The number of carbonyl (C=O) groups is 2. The molecule has 3 fully saturated rings. The number of carbonyl (C=O) groups excluding carboxylic acids is 2. The zero-order valence-electron chi connectivity index (χ0n) is 15.6. The highest BCUT2D eigenvalue weighted by Crippen LogP contribution is 2.38. The molecule has 1 N–H and O–H groups in total. The number of hydrogen-bond acceptors (Lipinski definition) is 6. The number of hydrogen-bond donors (Lipinski definition) is 1. The maximum Gasteiger partial charge on any atom is 0.414 e. The number of ether oxygens (including phenoxy) is 1. The lowest BCUT2D eigenvalue weighted by Crippen LogP contribution is -2.56. The third kappa shape index (κ3) is 3.36. The zero-order chi connectivity index (χ0) is 19.8. The number of nitriles is 1. The van der Waals surface area contributed by atoms with E-state index in [1.807, 2.05) is 4.90 Å². The predicted octanol–water partition coefficient (Wildman–Crippen LogP) is 0.931. The molecule has 3 heterocycles. The fourth-order valence-electron chi connectivity index (χ4n) is 4.22. The number of nitrogens with one attached hydrogen (secondary N) is 1. The highest BCUT2D eigenvalue weighted by molar-refractivity contribution is 5.90. The minimum atomic E-state index is -0.547. The van der Waals surface area contributed by atoms with Gasteiger partial charge in [0, 0.05) is 38.5 Å². The second-order valence-corrected chi connectivity index (χ2v) is 7.52. The van der Waals surface area contributed by atoms with Crippen LogP contribution in [0.3, 0.4) is 0 Å². The van der Waals surface area contributed by atoms with Gasteiger partial charge in [0.05, 0.1) is 37.1 Å². The molecule has 1 aromatic carbocycles. The maximum absolute atomic E-state index is 14.8. The lowest BCUT2D eigenvalue weighted by atomic mass is 9.91. The van der Waals surface area contributed by atoms with Gasteiger partial charge in [0.15, 0.2) is 0 Å². The van der Waals surface area contributed by atoms with Crippen molar-refractivity contribution in [2.45, 2.75) is 19.1 Å². The van der Waals surface area contributed by atoms with Gasteiger partial charge in [-0.05, 0) is 18.2 Å². The molecule has 148 valence electrons. The Morgan fingerprint density at radius 2 is 2.18 bits per heavy atom. The molecule has 0 saturated carbocycles. The first-order valence-corrected chi connectivity index (χ1v) is 9.34. The number of cyclic esters (lactones) is 1. The van der Waals surface area contributed by atoms with Crippen LogP contribution in [0.2, 0.25) is 0 Å². The van der Waals surface area contributed by atoms with E-state index in [4.69, 9.17) is 10.00 Å². The smallest absolute Gasteiger partial charge is 0.414 e. The van der Waals surface area contributed by atoms with Gasteiger partial charge in [0.25, 0.3) is 0 Å². The summed E-state index contributed by atoms with van der Waals surface area (Å²) in [6.07, 6.45) is -1.01. The number of rotatable bonds is 5. The summed E-state index contributed by atoms with van der Waals surface area (Å²) in [5.41, 5.74) is 0.956. The van der Waals surface area contributed by atoms with Crippen molar-refractivity contribution in [2.24, 2.45) is 5.92 Å². The van der Waals surface area contributed by atoms with Crippen LogP contribution in [0.4, 0.5) is 20.6 Å². The highest BCUT2D eigenvalue weighted by Gasteiger charge is 2.46. The van der Waals surface area contributed by atoms with Crippen molar-refractivity contribution in [3.63, 3.8) is 0 Å². The molecule has 3 aliphatic rings. The largest absolute Gasteiger partial charge is 0.442 e. The Balaban J connectivity index is 1.42. The number of benzene rings is 1. The van der Waals surface area contributed by atoms with Gasteiger partial charge in [-0.1, -0.05) is 0 Å². The molecule has 2 amide bonds. The van der Waals surface area contributed by atoms with Gasteiger partial charge in [-0.25, -0.2) is 9.18 Å². The summed E-state index contributed by atoms with van der Waals surface area (Å²) in [6, 6.07) is 7.16. The Morgan fingerprint density at radius 3 is 2.89 bits per heavy atom. The minimum absolute atomic E-state index is 0.196. The third-order valence-corrected chi connectivity index (χ3v) is 5.61. The van der Waals surface area contributed by atoms with Gasteiger partial charge in [0.1, 0.15) is 11.9 Å². The molecule has 0 bridgehead atoms. The third-order valence-electron chi connectivity index (χ3n) is 5.61. The first kappa shape index (κ1) is 18.5. The Bertz CT molecular complexity index is 841. The molecule has 1 aromatic rings. The number of likely N-dealkylation sites (tertiary alicyclic amines) is 1. The molecule has 0 aromatic heterocycles. The van der Waals surface area contributed by atoms with Crippen LogP contribution in [0.1, 0.15) is 6.92 Å². The van der Waals surface area contributed by atoms with E-state index in [9.17, 15) is 14.0 Å². The number of anilines is 2. The average Bonchev–Trinajstić information content (AvgIpc) is 3.16. The van der Waals surface area contributed by atoms with E-state index in [2.05, 4.69) is 16.3 Å². The van der Waals surface area contributed by atoms with Crippen LogP contribution < -0.4 is 15.1 Å². The molecule has 4 rings (SSSR count). The fraction of sp³-hybridized carbons (Fsp3) is 0.526. The molecule has 3 aliphatic heterocycles. The molecule has 28 heavy (non-hydrogen) atoms. The lowest BCUT2D eigenvalue weighted by molar-refractivity contribution is -0.119. The summed E-state index contributed by atoms with van der Waals surface area (Å²) in [7, 11) is 0. The summed E-state index contributed by atoms with van der Waals surface area (Å²) in [5, 5.41) is 11.5. The van der Waals surface area contributed by atoms with Crippen molar-refractivity contribution in [1.82, 2.24) is 10.2 Å². The summed E-state index contributed by atoms with van der Waals surface area (Å²) in [6.45, 7) is 4.70. The lowest BCUT2D eigenvalue weighted by Gasteiger charge is -2.45. The van der Waals surface area contributed by atoms with Crippen LogP contribution in [0, 0.1) is 23.1 Å². The monoisotopic (exact) mass is 387 g/mol. The molecule has 3 atom stereocenters. The summed E-state index contributed by atoms with van der Waals surface area (Å²) >= 11 is 0. The molecule has 0 spiro atoms. The van der Waals surface area contributed by atoms with Crippen LogP contribution in [0.15, 0.2) is 18.2 Å². The molecule has 3 unspecified atom stereocenters. The molecule has 8 nitrogen and oxygen atoms in total. The van der Waals surface area contributed by atoms with Gasteiger partial charge >= 0.3 is 6.09 Å². The highest BCUT2D eigenvalue weighted by atomic mass is 19.1. The standard InChI is InChI=1S/C19H22FN5O3/c1-12(26)22-7-15-10-24(19(27)28-15)14-2-3-17(16(20)6-14)25-9-13-8-23(5-4-21)11-18(13)25/h2-3,6,13,15,18H,5,7-11H2,1H3,(H,22,26). The molecule has 0 radical (unpaired) electrons. The predicted molar refractivity (Wildman–Crippen MR) is 99.4 cm³/mol. The number of nitrogens with zero attached hydrogens (tertiary/aromatic N) is 4. The van der Waals surface area contributed by atoms with Gasteiger partial charge in [0.2, 0.25) is 5.91 Å². The summed E-state index contributed by atoms with van der Waals surface area (Å²) in [4.78, 5) is 28.6. The van der Waals surface area contributed by atoms with E-state index in [0.717, 1.165) is 19.6 Å². The van der Waals surface area contributed by atoms with Crippen LogP contribution >= 0.6 is 0 Å². The fourth-order valence-corrected chi connectivity index (χ4v) is 4.22. The van der Waals surface area contributed by atoms with E-state index < -0.39 is 12.2 Å². The number of halogens is 1. The van der Waals surface area contributed by atoms with Crippen LogP contribution in [-0.2, 0) is 9.53 Å². The van der Waals surface area contributed by atoms with Crippen molar-refractivity contribution in [1.29, 1.82) is 5.26 Å². The Labute approximate surface area is 162 Å². The molecule has 3 saturated heterocycles. The van der Waals surface area contributed by atoms with Crippen LogP contribution in [0.25, 0.3) is 0 Å². The normalized spacial score (nSPS) is 26.5. The Morgan fingerprint density at radius 1 is 1.36 bits per heavy atom. The second-order valence-electron chi connectivity index (χ2n) is 7.52.